The molecule has 0 aliphatic rings. The van der Waals surface area contributed by atoms with Gasteiger partial charge in [0.05, 0.1) is 8.07 Å². The van der Waals surface area contributed by atoms with Gasteiger partial charge in [-0.05, 0) is 0 Å². The first-order valence-corrected chi connectivity index (χ1v) is 6.61. The standard InChI is InChI=1S/C6H14O2Si/c1-4-9(2,3)5-6(7)8/h4-5H2,1-3H3,(H,7,8). The fraction of sp³-hybridized carbons (Fsp3) is 0.833. The van der Waals surface area contributed by atoms with Gasteiger partial charge < -0.3 is 5.11 Å². The lowest BCUT2D eigenvalue weighted by Gasteiger charge is -2.15. The van der Waals surface area contributed by atoms with Gasteiger partial charge in [0, 0.05) is 6.04 Å². The lowest BCUT2D eigenvalue weighted by Crippen LogP contribution is -2.27. The van der Waals surface area contributed by atoms with E-state index in [9.17, 15) is 4.79 Å². The molecule has 0 atom stereocenters. The molecule has 3 heteroatoms. The van der Waals surface area contributed by atoms with E-state index in [1.54, 1.807) is 0 Å². The maximum Gasteiger partial charge on any atom is 0.300 e. The van der Waals surface area contributed by atoms with Gasteiger partial charge in [-0.25, -0.2) is 0 Å². The Morgan fingerprint density at radius 3 is 2.11 bits per heavy atom. The van der Waals surface area contributed by atoms with Crippen LogP contribution >= 0.6 is 0 Å². The van der Waals surface area contributed by atoms with Crippen LogP contribution in [0.3, 0.4) is 0 Å². The molecule has 0 bridgehead atoms. The van der Waals surface area contributed by atoms with Crippen molar-refractivity contribution in [3.05, 3.63) is 0 Å². The van der Waals surface area contributed by atoms with Crippen molar-refractivity contribution in [2.24, 2.45) is 0 Å². The second kappa shape index (κ2) is 3.01. The summed E-state index contributed by atoms with van der Waals surface area (Å²) in [5, 5.41) is 8.41. The van der Waals surface area contributed by atoms with Gasteiger partial charge in [0.2, 0.25) is 0 Å². The van der Waals surface area contributed by atoms with Crippen LogP contribution in [0.15, 0.2) is 0 Å². The first-order valence-electron chi connectivity index (χ1n) is 3.20. The second-order valence-corrected chi connectivity index (χ2v) is 8.48. The number of carboxylic acid groups (broad SMARTS) is 1. The Kier molecular flexibility index (Phi) is 2.90. The third-order valence-corrected chi connectivity index (χ3v) is 4.76. The highest BCUT2D eigenvalue weighted by Gasteiger charge is 2.20. The molecule has 0 amide bonds. The number of hydrogen-bond donors (Lipinski definition) is 1. The van der Waals surface area contributed by atoms with Gasteiger partial charge in [0.15, 0.2) is 0 Å². The molecule has 0 heterocycles. The zero-order valence-corrected chi connectivity index (χ0v) is 7.27. The van der Waals surface area contributed by atoms with E-state index in [1.807, 2.05) is 0 Å². The minimum absolute atomic E-state index is 0.406. The third-order valence-electron chi connectivity index (χ3n) is 1.59. The average Bonchev–Trinajstić information content (AvgIpc) is 1.63. The van der Waals surface area contributed by atoms with E-state index in [-0.39, 0.29) is 0 Å². The second-order valence-electron chi connectivity index (χ2n) is 3.09. The zero-order valence-electron chi connectivity index (χ0n) is 6.27. The molecule has 0 aliphatic carbocycles. The van der Waals surface area contributed by atoms with Crippen LogP contribution in [-0.4, -0.2) is 19.1 Å². The van der Waals surface area contributed by atoms with Crippen molar-refractivity contribution in [1.82, 2.24) is 0 Å². The average molecular weight is 146 g/mol. The van der Waals surface area contributed by atoms with Crippen LogP contribution in [0.5, 0.6) is 0 Å². The van der Waals surface area contributed by atoms with Crippen LogP contribution in [0.1, 0.15) is 6.92 Å². The van der Waals surface area contributed by atoms with Gasteiger partial charge in [-0.2, -0.15) is 0 Å². The van der Waals surface area contributed by atoms with E-state index < -0.39 is 14.0 Å². The summed E-state index contributed by atoms with van der Waals surface area (Å²) in [5.41, 5.74) is 0. The van der Waals surface area contributed by atoms with Crippen molar-refractivity contribution >= 4 is 14.0 Å². The van der Waals surface area contributed by atoms with Crippen LogP contribution in [0.4, 0.5) is 0 Å². The molecule has 0 aromatic carbocycles. The maximum absolute atomic E-state index is 10.2. The molecule has 0 rings (SSSR count). The molecule has 0 spiro atoms. The monoisotopic (exact) mass is 146 g/mol. The minimum Gasteiger partial charge on any atom is -0.481 e. The van der Waals surface area contributed by atoms with E-state index in [0.717, 1.165) is 6.04 Å². The lowest BCUT2D eigenvalue weighted by atomic mass is 10.8. The Hall–Kier alpha value is -0.313. The topological polar surface area (TPSA) is 37.3 Å². The number of hydrogen-bond acceptors (Lipinski definition) is 1. The van der Waals surface area contributed by atoms with Crippen LogP contribution in [0.25, 0.3) is 0 Å². The van der Waals surface area contributed by atoms with Crippen LogP contribution in [0.2, 0.25) is 25.2 Å². The molecular weight excluding hydrogens is 132 g/mol. The Balaban J connectivity index is 3.71. The third kappa shape index (κ3) is 4.21. The first-order chi connectivity index (χ1) is 3.98. The molecule has 54 valence electrons. The molecule has 0 aromatic rings. The molecule has 0 fully saturated rings. The lowest BCUT2D eigenvalue weighted by molar-refractivity contribution is -0.134. The number of carbonyl (C=O) groups is 1. The van der Waals surface area contributed by atoms with E-state index in [2.05, 4.69) is 20.0 Å². The fourth-order valence-electron chi connectivity index (χ4n) is 0.534. The van der Waals surface area contributed by atoms with E-state index >= 15 is 0 Å². The molecule has 0 aliphatic heterocycles. The number of aliphatic carboxylic acids is 1. The molecule has 1 N–H and O–H groups in total. The van der Waals surface area contributed by atoms with Crippen molar-refractivity contribution in [3.63, 3.8) is 0 Å². The van der Waals surface area contributed by atoms with Crippen molar-refractivity contribution in [2.45, 2.75) is 32.1 Å². The molecule has 0 unspecified atom stereocenters. The van der Waals surface area contributed by atoms with Crippen molar-refractivity contribution in [1.29, 1.82) is 0 Å². The van der Waals surface area contributed by atoms with Gasteiger partial charge in [-0.15, -0.1) is 0 Å². The molecule has 0 radical (unpaired) electrons. The summed E-state index contributed by atoms with van der Waals surface area (Å²) in [4.78, 5) is 10.2. The Bertz CT molecular complexity index is 110. The highest BCUT2D eigenvalue weighted by atomic mass is 28.3. The maximum atomic E-state index is 10.2. The summed E-state index contributed by atoms with van der Waals surface area (Å²) in [6, 6.07) is 1.46. The highest BCUT2D eigenvalue weighted by Crippen LogP contribution is 2.13. The van der Waals surface area contributed by atoms with Crippen LogP contribution in [-0.2, 0) is 4.79 Å². The molecular formula is C6H14O2Si. The zero-order chi connectivity index (χ0) is 7.49. The first kappa shape index (κ1) is 8.69. The predicted octanol–water partition coefficient (Wildman–Crippen LogP) is 1.80. The molecule has 2 nitrogen and oxygen atoms in total. The summed E-state index contributed by atoms with van der Waals surface area (Å²) in [6.07, 6.45) is 0. The van der Waals surface area contributed by atoms with Gasteiger partial charge in [0.25, 0.3) is 0 Å². The Morgan fingerprint density at radius 2 is 2.00 bits per heavy atom. The summed E-state index contributed by atoms with van der Waals surface area (Å²) >= 11 is 0. The highest BCUT2D eigenvalue weighted by molar-refractivity contribution is 6.79. The van der Waals surface area contributed by atoms with Crippen LogP contribution < -0.4 is 0 Å². The summed E-state index contributed by atoms with van der Waals surface area (Å²) in [6.45, 7) is 6.26. The van der Waals surface area contributed by atoms with E-state index in [1.165, 1.54) is 0 Å². The van der Waals surface area contributed by atoms with Crippen molar-refractivity contribution in [3.8, 4) is 0 Å². The molecule has 0 aromatic heterocycles. The Morgan fingerprint density at radius 1 is 1.56 bits per heavy atom. The Labute approximate surface area is 56.9 Å². The number of rotatable bonds is 3. The predicted molar refractivity (Wildman–Crippen MR) is 40.4 cm³/mol. The molecule has 0 saturated heterocycles. The smallest absolute Gasteiger partial charge is 0.300 e. The number of carboxylic acids is 1. The summed E-state index contributed by atoms with van der Waals surface area (Å²) in [5.74, 6) is -0.645. The normalized spacial score (nSPS) is 11.4. The van der Waals surface area contributed by atoms with E-state index in [4.69, 9.17) is 5.11 Å². The quantitative estimate of drug-likeness (QED) is 0.616. The minimum atomic E-state index is -1.34. The van der Waals surface area contributed by atoms with Crippen molar-refractivity contribution in [2.75, 3.05) is 0 Å². The van der Waals surface area contributed by atoms with Gasteiger partial charge in [-0.3, -0.25) is 4.79 Å². The SMILES string of the molecule is CC[Si](C)(C)CC(=O)O. The van der Waals surface area contributed by atoms with Crippen LogP contribution in [0, 0.1) is 0 Å². The molecule has 9 heavy (non-hydrogen) atoms. The summed E-state index contributed by atoms with van der Waals surface area (Å²) < 4.78 is 0. The largest absolute Gasteiger partial charge is 0.481 e. The fourth-order valence-corrected chi connectivity index (χ4v) is 1.60. The van der Waals surface area contributed by atoms with Gasteiger partial charge >= 0.3 is 5.97 Å². The van der Waals surface area contributed by atoms with E-state index in [0.29, 0.717) is 6.04 Å². The molecule has 0 saturated carbocycles. The summed E-state index contributed by atoms with van der Waals surface area (Å²) in [7, 11) is -1.34. The van der Waals surface area contributed by atoms with Crippen molar-refractivity contribution < 1.29 is 9.90 Å². The van der Waals surface area contributed by atoms with Gasteiger partial charge in [0.1, 0.15) is 0 Å². The van der Waals surface area contributed by atoms with Gasteiger partial charge in [-0.1, -0.05) is 26.1 Å².